The molecule has 4 aromatic carbocycles. The van der Waals surface area contributed by atoms with E-state index in [1.165, 1.54) is 37.1 Å². The molecule has 131 heavy (non-hydrogen) atoms. The maximum Gasteiger partial charge on any atom is 0.309 e. The number of halogens is 14. The first kappa shape index (κ1) is 96.9. The first-order chi connectivity index (χ1) is 62.6. The van der Waals surface area contributed by atoms with Gasteiger partial charge in [0.2, 0.25) is 18.4 Å². The molecule has 4 saturated heterocycles. The van der Waals surface area contributed by atoms with E-state index in [0.717, 1.165) is 90.6 Å². The van der Waals surface area contributed by atoms with Gasteiger partial charge in [0.1, 0.15) is 72.1 Å². The number of anilines is 4. The number of ether oxygens (including phenoxy) is 5. The molecule has 6 unspecified atom stereocenters. The highest BCUT2D eigenvalue weighted by atomic mass is 35.5. The number of nitrogens with zero attached hydrogens (tertiary/aromatic N) is 11. The van der Waals surface area contributed by atoms with Crippen molar-refractivity contribution in [2.45, 2.75) is 166 Å². The molecule has 43 heteroatoms. The van der Waals surface area contributed by atoms with Crippen molar-refractivity contribution in [3.05, 3.63) is 232 Å². The molecule has 5 fully saturated rings. The smallest absolute Gasteiger partial charge is 0.309 e. The largest absolute Gasteiger partial charge is 0.482 e. The van der Waals surface area contributed by atoms with Crippen molar-refractivity contribution in [3.63, 3.8) is 0 Å². The molecule has 5 aliphatic rings. The van der Waals surface area contributed by atoms with E-state index >= 15 is 0 Å². The molecule has 0 amide bonds. The number of nitrogen functional groups attached to an aromatic ring is 4. The fourth-order valence-electron chi connectivity index (χ4n) is 16.1. The summed E-state index contributed by atoms with van der Waals surface area (Å²) in [5, 5.41) is 27.2. The van der Waals surface area contributed by atoms with E-state index in [1.54, 1.807) is 87.8 Å². The van der Waals surface area contributed by atoms with Crippen LogP contribution in [0.1, 0.15) is 158 Å². The molecule has 4 aliphatic heterocycles. The number of hydrogen-bond donors (Lipinski definition) is 12. The number of piperidine rings is 1. The molecule has 694 valence electrons. The van der Waals surface area contributed by atoms with Crippen LogP contribution in [-0.4, -0.2) is 116 Å². The molecule has 2 bridgehead atoms. The summed E-state index contributed by atoms with van der Waals surface area (Å²) < 4.78 is 120. The molecular weight excluding hydrogens is 1870 g/mol. The molecule has 12 aromatic rings. The fraction of sp³-hybridized carbons (Fsp3) is 0.352. The number of carbonyl (C=O) groups excluding carboxylic acids is 1. The zero-order valence-corrected chi connectivity index (χ0v) is 77.3. The molecule has 1 aliphatic carbocycles. The van der Waals surface area contributed by atoms with Crippen LogP contribution in [0.15, 0.2) is 135 Å². The van der Waals surface area contributed by atoms with E-state index in [1.807, 2.05) is 46.4 Å². The molecule has 0 spiro atoms. The molecule has 6 atom stereocenters. The maximum absolute atomic E-state index is 14.0. The lowest BCUT2D eigenvalue weighted by Crippen LogP contribution is -2.61. The van der Waals surface area contributed by atoms with Crippen LogP contribution >= 0.6 is 92.8 Å². The van der Waals surface area contributed by atoms with Crippen LogP contribution < -0.4 is 78.5 Å². The lowest BCUT2D eigenvalue weighted by molar-refractivity contribution is -0.783. The van der Waals surface area contributed by atoms with E-state index in [4.69, 9.17) is 145 Å². The van der Waals surface area contributed by atoms with Gasteiger partial charge in [0.25, 0.3) is 0 Å². The summed E-state index contributed by atoms with van der Waals surface area (Å²) in [6, 6.07) is 16.2. The number of esters is 1. The number of pyridine rings is 4. The Labute approximate surface area is 789 Å². The molecule has 12 heterocycles. The van der Waals surface area contributed by atoms with Crippen LogP contribution in [0.2, 0.25) is 40.2 Å². The summed E-state index contributed by atoms with van der Waals surface area (Å²) in [4.78, 5) is 31.4. The molecular formula is C88H94Cl8F6N22O7+2. The van der Waals surface area contributed by atoms with Crippen molar-refractivity contribution in [2.24, 2.45) is 5.92 Å². The number of aromatic nitrogens is 12. The first-order valence-electron chi connectivity index (χ1n) is 41.8. The van der Waals surface area contributed by atoms with Gasteiger partial charge in [-0.1, -0.05) is 92.8 Å². The number of hydrazine groups is 3. The molecule has 16 N–H and O–H groups in total. The van der Waals surface area contributed by atoms with E-state index in [0.29, 0.717) is 87.1 Å². The van der Waals surface area contributed by atoms with Gasteiger partial charge in [-0.05, 0) is 129 Å². The third-order valence-corrected chi connectivity index (χ3v) is 26.2. The Morgan fingerprint density at radius 2 is 0.870 bits per heavy atom. The Bertz CT molecular complexity index is 6020. The van der Waals surface area contributed by atoms with Crippen LogP contribution in [0.4, 0.5) is 49.6 Å². The lowest BCUT2D eigenvalue weighted by atomic mass is 9.86. The van der Waals surface area contributed by atoms with Crippen molar-refractivity contribution in [1.82, 2.24) is 81.8 Å². The van der Waals surface area contributed by atoms with Gasteiger partial charge in [0, 0.05) is 146 Å². The third kappa shape index (κ3) is 22.8. The van der Waals surface area contributed by atoms with Crippen molar-refractivity contribution in [1.29, 1.82) is 0 Å². The first-order valence-corrected chi connectivity index (χ1v) is 44.8. The minimum Gasteiger partial charge on any atom is -0.482 e. The lowest BCUT2D eigenvalue weighted by Gasteiger charge is -2.37. The summed E-state index contributed by atoms with van der Waals surface area (Å²) >= 11 is 48.7. The van der Waals surface area contributed by atoms with Gasteiger partial charge in [0.15, 0.2) is 52.3 Å². The van der Waals surface area contributed by atoms with Crippen LogP contribution in [0, 0.1) is 40.8 Å². The van der Waals surface area contributed by atoms with E-state index < -0.39 is 59.3 Å². The van der Waals surface area contributed by atoms with Gasteiger partial charge < -0.3 is 57.0 Å². The Kier molecular flexibility index (Phi) is 31.6. The summed E-state index contributed by atoms with van der Waals surface area (Å²) in [5.41, 5.74) is 42.7. The van der Waals surface area contributed by atoms with Gasteiger partial charge in [0.05, 0.1) is 104 Å². The van der Waals surface area contributed by atoms with Crippen LogP contribution in [-0.2, 0) is 16.1 Å². The number of carbonyl (C=O) groups is 1. The molecule has 8 aromatic heterocycles. The highest BCUT2D eigenvalue weighted by Crippen LogP contribution is 2.45. The molecule has 0 radical (unpaired) electrons. The highest BCUT2D eigenvalue weighted by molar-refractivity contribution is 6.38. The van der Waals surface area contributed by atoms with Crippen LogP contribution in [0.25, 0.3) is 44.5 Å². The summed E-state index contributed by atoms with van der Waals surface area (Å²) in [7, 11) is 0. The number of aliphatic hydroxyl groups is 1. The summed E-state index contributed by atoms with van der Waals surface area (Å²) in [6.45, 7) is 13.4. The van der Waals surface area contributed by atoms with Crippen LogP contribution in [0.5, 0.6) is 23.0 Å². The second-order valence-electron chi connectivity index (χ2n) is 32.4. The fourth-order valence-corrected chi connectivity index (χ4v) is 18.7. The number of aliphatic hydroxyl groups excluding tert-OH is 1. The van der Waals surface area contributed by atoms with Crippen molar-refractivity contribution < 1.29 is 69.3 Å². The highest BCUT2D eigenvalue weighted by Gasteiger charge is 2.39. The van der Waals surface area contributed by atoms with Crippen molar-refractivity contribution in [3.8, 4) is 67.5 Å². The Balaban J connectivity index is 0.000000141. The third-order valence-electron chi connectivity index (χ3n) is 23.2. The number of nitrogens with two attached hydrogens (primary N) is 4. The minimum absolute atomic E-state index is 0.00833. The predicted molar refractivity (Wildman–Crippen MR) is 488 cm³/mol. The Morgan fingerprint density at radius 3 is 1.29 bits per heavy atom. The molecule has 17 rings (SSSR count). The summed E-state index contributed by atoms with van der Waals surface area (Å²) in [5.74, 6) is -3.39. The SMILES string of the molecule is CC(Oc1cc(-c2c[nH][n+](C3CCC(C(=O)OCCO)CC3)c2)cnc1N)c1c(Cl)ccc(F)c1Cl.CC(Oc1cc(-c2c[nH][n+](C3CN(C(C)C)C3)c2)cnc1N)c1c(Cl)ccc(F)c1Cl.CC(Oc1cc(-c2cnn(C3CC4CCC(C3)N4)c2)cnc1N)c1c(Cl)c(F)cc(F)c1Cl.CC(Oc1cc(-c2cnn(CC3NNNN3)c2)cnc1N)c1c(Cl)c(F)cc(F)c1Cl. The zero-order valence-electron chi connectivity index (χ0n) is 71.2. The van der Waals surface area contributed by atoms with Crippen LogP contribution in [0.3, 0.4) is 0 Å². The minimum atomic E-state index is -0.932. The number of aromatic amines is 2. The number of rotatable bonds is 25. The van der Waals surface area contributed by atoms with Gasteiger partial charge in [-0.25, -0.2) is 57.1 Å². The maximum atomic E-state index is 14.0. The predicted octanol–water partition coefficient (Wildman–Crippen LogP) is 18.0. The quantitative estimate of drug-likeness (QED) is 0.0109. The van der Waals surface area contributed by atoms with E-state index in [9.17, 15) is 31.1 Å². The number of H-pyrrole nitrogens is 2. The topological polar surface area (TPSA) is 377 Å². The Morgan fingerprint density at radius 1 is 0.481 bits per heavy atom. The number of fused-ring (bicyclic) bond motifs is 2. The standard InChI is InChI=1S/C25H27Cl2FN4O4.C23H23Cl2F2N5O.C22H24Cl2FN5O.C18H18Cl2F2N8O/c1-14(22-19(26)6-7-20(28)23(22)27)36-21-10-16(11-30-24(21)29)17-12-31-32(13-17)18-4-2-15(3-5-18)25(34)35-9-8-33;1-11(20-21(24)17(26)7-18(27)22(20)25)33-19-4-12(8-29-23(19)28)13-9-30-32(10-13)16-5-14-2-3-15(6-16)31-14;1-12(2)29-10-16(11-29)30-9-15(8-28-30)14-6-19(22(26)27-7-14)31-13(3)20-17(23)4-5-18(25)21(20)24;1-8(15-16(19)11(21)3-12(22)17(15)20)31-13-2-9(4-24-18(13)23)10-5-25-30(6-10)7-14-26-28-29-27-14/h6-7,10-15,18,33H,2-5,8-9H2,1H3,(H2,29,30);4,7-11,14-16,31H,2-3,5-6H2,1H3,(H2,28,29);4-9,12-13,16H,10-11H2,1-3H3,(H2,26,27);2-6,8,14,26-29H,7H2,1H3,(H2,23,24)/p+2. The van der Waals surface area contributed by atoms with E-state index in [2.05, 4.69) is 97.2 Å². The second kappa shape index (κ2) is 42.8. The number of nitrogens with one attached hydrogen (secondary N) is 7. The monoisotopic (exact) mass is 1960 g/mol. The average molecular weight is 1970 g/mol. The normalized spacial score (nSPS) is 18.3. The van der Waals surface area contributed by atoms with Gasteiger partial charge >= 0.3 is 5.97 Å². The zero-order chi connectivity index (χ0) is 93.5. The number of likely N-dealkylation sites (tertiary alicyclic amines) is 1. The van der Waals surface area contributed by atoms with Crippen molar-refractivity contribution in [2.75, 3.05) is 49.2 Å². The number of benzene rings is 4. The van der Waals surface area contributed by atoms with Gasteiger partial charge in [-0.15, -0.1) is 9.36 Å². The van der Waals surface area contributed by atoms with E-state index in [-0.39, 0.29) is 113 Å². The Hall–Kier alpha value is -10.2. The van der Waals surface area contributed by atoms with Gasteiger partial charge in [-0.3, -0.25) is 19.1 Å². The molecule has 1 saturated carbocycles. The molecule has 29 nitrogen and oxygen atoms in total. The van der Waals surface area contributed by atoms with Gasteiger partial charge in [-0.2, -0.15) is 31.5 Å². The van der Waals surface area contributed by atoms with Crippen molar-refractivity contribution >= 4 is 122 Å². The average Bonchev–Trinajstić information content (AvgIpc) is 1.24. The second-order valence-corrected chi connectivity index (χ2v) is 35.5. The summed E-state index contributed by atoms with van der Waals surface area (Å²) in [6.07, 6.45) is 26.2. The number of hydrogen-bond acceptors (Lipinski definition) is 23.